The number of carbonyl (C=O) groups is 1. The number of nitrogens with one attached hydrogen (secondary N) is 1. The Morgan fingerprint density at radius 3 is 2.59 bits per heavy atom. The summed E-state index contributed by atoms with van der Waals surface area (Å²) in [6, 6.07) is 6.93. The summed E-state index contributed by atoms with van der Waals surface area (Å²) in [6.07, 6.45) is 7.00. The van der Waals surface area contributed by atoms with Crippen LogP contribution in [0.2, 0.25) is 0 Å². The second-order valence-electron chi connectivity index (χ2n) is 8.54. The molecule has 1 aromatic heterocycles. The maximum absolute atomic E-state index is 11.6. The standard InChI is InChI=1S/C22H30N6O/c29-21-5-3-4-17(25-21)15-26-10-12-27(13-11-26)18-6-7-20-19(14-18)22(24-16-23-20)28-8-1-2-9-28/h6-7,14,16-17H,1-5,8-13,15H2,(H,25,29). The highest BCUT2D eigenvalue weighted by Crippen LogP contribution is 2.30. The molecule has 4 heterocycles. The Morgan fingerprint density at radius 1 is 0.966 bits per heavy atom. The van der Waals surface area contributed by atoms with Crippen molar-refractivity contribution < 1.29 is 4.79 Å². The summed E-state index contributed by atoms with van der Waals surface area (Å²) < 4.78 is 0. The number of hydrogen-bond acceptors (Lipinski definition) is 6. The largest absolute Gasteiger partial charge is 0.369 e. The number of piperazine rings is 1. The lowest BCUT2D eigenvalue weighted by Gasteiger charge is -2.38. The molecule has 0 bridgehead atoms. The van der Waals surface area contributed by atoms with Crippen molar-refractivity contribution in [3.63, 3.8) is 0 Å². The molecule has 2 aromatic rings. The summed E-state index contributed by atoms with van der Waals surface area (Å²) >= 11 is 0. The summed E-state index contributed by atoms with van der Waals surface area (Å²) in [6.45, 7) is 7.25. The molecule has 1 amide bonds. The van der Waals surface area contributed by atoms with Crippen LogP contribution < -0.4 is 15.1 Å². The monoisotopic (exact) mass is 394 g/mol. The van der Waals surface area contributed by atoms with Crippen molar-refractivity contribution in [3.05, 3.63) is 24.5 Å². The number of hydrogen-bond donors (Lipinski definition) is 1. The van der Waals surface area contributed by atoms with Crippen LogP contribution in [-0.4, -0.2) is 72.6 Å². The second-order valence-corrected chi connectivity index (χ2v) is 8.54. The predicted molar refractivity (Wildman–Crippen MR) is 115 cm³/mol. The number of nitrogens with zero attached hydrogens (tertiary/aromatic N) is 5. The van der Waals surface area contributed by atoms with Gasteiger partial charge in [0.05, 0.1) is 5.52 Å². The van der Waals surface area contributed by atoms with E-state index in [0.29, 0.717) is 12.5 Å². The molecule has 7 nitrogen and oxygen atoms in total. The molecule has 3 saturated heterocycles. The minimum absolute atomic E-state index is 0.215. The minimum Gasteiger partial charge on any atom is -0.369 e. The smallest absolute Gasteiger partial charge is 0.220 e. The fourth-order valence-corrected chi connectivity index (χ4v) is 4.93. The molecule has 7 heteroatoms. The van der Waals surface area contributed by atoms with Gasteiger partial charge >= 0.3 is 0 Å². The summed E-state index contributed by atoms with van der Waals surface area (Å²) in [5.74, 6) is 1.30. The Bertz CT molecular complexity index is 873. The average molecular weight is 395 g/mol. The maximum atomic E-state index is 11.6. The molecule has 3 fully saturated rings. The van der Waals surface area contributed by atoms with Gasteiger partial charge in [0, 0.05) is 69.3 Å². The van der Waals surface area contributed by atoms with E-state index in [1.165, 1.54) is 23.9 Å². The van der Waals surface area contributed by atoms with Crippen molar-refractivity contribution in [2.45, 2.75) is 38.1 Å². The van der Waals surface area contributed by atoms with Gasteiger partial charge in [-0.3, -0.25) is 9.69 Å². The Kier molecular flexibility index (Phi) is 5.23. The third-order valence-electron chi connectivity index (χ3n) is 6.54. The second kappa shape index (κ2) is 8.14. The number of rotatable bonds is 4. The lowest BCUT2D eigenvalue weighted by Crippen LogP contribution is -2.52. The van der Waals surface area contributed by atoms with Crippen LogP contribution in [-0.2, 0) is 4.79 Å². The Labute approximate surface area is 172 Å². The van der Waals surface area contributed by atoms with Crippen molar-refractivity contribution in [2.75, 3.05) is 55.6 Å². The number of aromatic nitrogens is 2. The van der Waals surface area contributed by atoms with E-state index in [1.807, 2.05) is 0 Å². The first-order valence-electron chi connectivity index (χ1n) is 11.0. The SMILES string of the molecule is O=C1CCCC(CN2CCN(c3ccc4ncnc(N5CCCC5)c4c3)CC2)N1. The third-order valence-corrected chi connectivity index (χ3v) is 6.54. The zero-order valence-electron chi connectivity index (χ0n) is 17.0. The molecular weight excluding hydrogens is 364 g/mol. The van der Waals surface area contributed by atoms with Crippen LogP contribution in [0.25, 0.3) is 10.9 Å². The number of amides is 1. The van der Waals surface area contributed by atoms with E-state index in [2.05, 4.69) is 48.2 Å². The molecule has 1 atom stereocenters. The first-order chi connectivity index (χ1) is 14.3. The number of piperidine rings is 1. The summed E-state index contributed by atoms with van der Waals surface area (Å²) in [7, 11) is 0. The fraction of sp³-hybridized carbons (Fsp3) is 0.591. The average Bonchev–Trinajstić information content (AvgIpc) is 3.28. The van der Waals surface area contributed by atoms with Crippen LogP contribution in [0.3, 0.4) is 0 Å². The summed E-state index contributed by atoms with van der Waals surface area (Å²) in [5.41, 5.74) is 2.29. The van der Waals surface area contributed by atoms with Gasteiger partial charge in [0.1, 0.15) is 12.1 Å². The molecule has 0 aliphatic carbocycles. The van der Waals surface area contributed by atoms with Gasteiger partial charge in [-0.1, -0.05) is 0 Å². The van der Waals surface area contributed by atoms with Crippen molar-refractivity contribution in [3.8, 4) is 0 Å². The van der Waals surface area contributed by atoms with Gasteiger partial charge in [-0.05, 0) is 43.9 Å². The predicted octanol–water partition coefficient (Wildman–Crippen LogP) is 2.02. The molecule has 0 saturated carbocycles. The first kappa shape index (κ1) is 18.6. The molecule has 0 spiro atoms. The van der Waals surface area contributed by atoms with E-state index in [-0.39, 0.29) is 5.91 Å². The number of anilines is 2. The number of fused-ring (bicyclic) bond motifs is 1. The van der Waals surface area contributed by atoms with Gasteiger partial charge < -0.3 is 15.1 Å². The van der Waals surface area contributed by atoms with E-state index < -0.39 is 0 Å². The zero-order valence-corrected chi connectivity index (χ0v) is 17.0. The van der Waals surface area contributed by atoms with Crippen LogP contribution in [0.4, 0.5) is 11.5 Å². The van der Waals surface area contributed by atoms with Crippen LogP contribution >= 0.6 is 0 Å². The van der Waals surface area contributed by atoms with Crippen molar-refractivity contribution >= 4 is 28.3 Å². The van der Waals surface area contributed by atoms with E-state index in [9.17, 15) is 4.79 Å². The van der Waals surface area contributed by atoms with E-state index in [1.54, 1.807) is 6.33 Å². The number of carbonyl (C=O) groups excluding carboxylic acids is 1. The molecule has 1 unspecified atom stereocenters. The normalized spacial score (nSPS) is 23.6. The van der Waals surface area contributed by atoms with Gasteiger partial charge in [0.15, 0.2) is 0 Å². The van der Waals surface area contributed by atoms with Gasteiger partial charge in [0.2, 0.25) is 5.91 Å². The van der Waals surface area contributed by atoms with Crippen molar-refractivity contribution in [1.82, 2.24) is 20.2 Å². The Balaban J connectivity index is 1.27. The molecule has 3 aliphatic rings. The Hall–Kier alpha value is -2.41. The van der Waals surface area contributed by atoms with Gasteiger partial charge in [-0.25, -0.2) is 9.97 Å². The highest BCUT2D eigenvalue weighted by molar-refractivity contribution is 5.92. The van der Waals surface area contributed by atoms with Crippen molar-refractivity contribution in [2.24, 2.45) is 0 Å². The topological polar surface area (TPSA) is 64.6 Å². The lowest BCUT2D eigenvalue weighted by atomic mass is 10.0. The molecular formula is C22H30N6O. The van der Waals surface area contributed by atoms with Crippen LogP contribution in [0.5, 0.6) is 0 Å². The third kappa shape index (κ3) is 4.01. The molecule has 5 rings (SSSR count). The van der Waals surface area contributed by atoms with Gasteiger partial charge in [0.25, 0.3) is 0 Å². The maximum Gasteiger partial charge on any atom is 0.220 e. The molecule has 29 heavy (non-hydrogen) atoms. The fourth-order valence-electron chi connectivity index (χ4n) is 4.93. The molecule has 1 aromatic carbocycles. The summed E-state index contributed by atoms with van der Waals surface area (Å²) in [5, 5.41) is 4.31. The molecule has 3 aliphatic heterocycles. The first-order valence-corrected chi connectivity index (χ1v) is 11.0. The Morgan fingerprint density at radius 2 is 1.79 bits per heavy atom. The summed E-state index contributed by atoms with van der Waals surface area (Å²) in [4.78, 5) is 28.1. The quantitative estimate of drug-likeness (QED) is 0.856. The van der Waals surface area contributed by atoms with Crippen LogP contribution in [0.15, 0.2) is 24.5 Å². The van der Waals surface area contributed by atoms with E-state index >= 15 is 0 Å². The van der Waals surface area contributed by atoms with Gasteiger partial charge in [-0.2, -0.15) is 0 Å². The van der Waals surface area contributed by atoms with Gasteiger partial charge in [-0.15, -0.1) is 0 Å². The highest BCUT2D eigenvalue weighted by atomic mass is 16.1. The lowest BCUT2D eigenvalue weighted by molar-refractivity contribution is -0.123. The molecule has 1 N–H and O–H groups in total. The molecule has 0 radical (unpaired) electrons. The van der Waals surface area contributed by atoms with Crippen LogP contribution in [0.1, 0.15) is 32.1 Å². The number of benzene rings is 1. The van der Waals surface area contributed by atoms with E-state index in [4.69, 9.17) is 0 Å². The molecule has 154 valence electrons. The zero-order chi connectivity index (χ0) is 19.6. The van der Waals surface area contributed by atoms with Crippen molar-refractivity contribution in [1.29, 1.82) is 0 Å². The minimum atomic E-state index is 0.215. The van der Waals surface area contributed by atoms with Crippen LogP contribution in [0, 0.1) is 0 Å². The van der Waals surface area contributed by atoms with E-state index in [0.717, 1.165) is 70.0 Å². The highest BCUT2D eigenvalue weighted by Gasteiger charge is 2.24.